The van der Waals surface area contributed by atoms with Crippen LogP contribution in [0.2, 0.25) is 5.02 Å². The summed E-state index contributed by atoms with van der Waals surface area (Å²) in [6, 6.07) is 8.90. The Morgan fingerprint density at radius 1 is 1.15 bits per heavy atom. The van der Waals surface area contributed by atoms with Crippen molar-refractivity contribution in [2.75, 3.05) is 12.8 Å². The number of benzene rings is 2. The molecule has 2 aromatic rings. The number of aliphatic hydroxyl groups is 1. The first-order valence-corrected chi connectivity index (χ1v) is 6.70. The van der Waals surface area contributed by atoms with Gasteiger partial charge in [0.2, 0.25) is 0 Å². The normalized spacial score (nSPS) is 12.2. The summed E-state index contributed by atoms with van der Waals surface area (Å²) in [7, 11) is 1.60. The Hall–Kier alpha value is -1.71. The van der Waals surface area contributed by atoms with Gasteiger partial charge in [-0.2, -0.15) is 0 Å². The van der Waals surface area contributed by atoms with Gasteiger partial charge in [-0.1, -0.05) is 29.8 Å². The second-order valence-corrected chi connectivity index (χ2v) is 5.24. The van der Waals surface area contributed by atoms with Crippen LogP contribution < -0.4 is 10.5 Å². The molecule has 0 aliphatic heterocycles. The van der Waals surface area contributed by atoms with E-state index in [1.54, 1.807) is 25.3 Å². The minimum Gasteiger partial charge on any atom is -0.496 e. The second kappa shape index (κ2) is 5.73. The van der Waals surface area contributed by atoms with Gasteiger partial charge in [-0.15, -0.1) is 0 Å². The van der Waals surface area contributed by atoms with Crippen molar-refractivity contribution in [1.29, 1.82) is 0 Å². The molecule has 0 aliphatic rings. The number of hydrogen-bond donors (Lipinski definition) is 2. The first-order valence-electron chi connectivity index (χ1n) is 6.32. The summed E-state index contributed by atoms with van der Waals surface area (Å²) < 4.78 is 5.44. The Balaban J connectivity index is 2.53. The molecular formula is C16H18ClNO2. The molecule has 3 N–H and O–H groups in total. The Labute approximate surface area is 123 Å². The zero-order valence-electron chi connectivity index (χ0n) is 11.8. The van der Waals surface area contributed by atoms with E-state index >= 15 is 0 Å². The third kappa shape index (κ3) is 2.60. The van der Waals surface area contributed by atoms with Crippen molar-refractivity contribution in [2.45, 2.75) is 20.0 Å². The highest BCUT2D eigenvalue weighted by Crippen LogP contribution is 2.36. The largest absolute Gasteiger partial charge is 0.496 e. The predicted molar refractivity (Wildman–Crippen MR) is 82.4 cm³/mol. The van der Waals surface area contributed by atoms with Gasteiger partial charge in [0.25, 0.3) is 0 Å². The van der Waals surface area contributed by atoms with Gasteiger partial charge in [0, 0.05) is 21.8 Å². The van der Waals surface area contributed by atoms with Gasteiger partial charge in [0.15, 0.2) is 0 Å². The van der Waals surface area contributed by atoms with Gasteiger partial charge in [-0.3, -0.25) is 0 Å². The monoisotopic (exact) mass is 291 g/mol. The van der Waals surface area contributed by atoms with Crippen LogP contribution in [0.5, 0.6) is 5.75 Å². The van der Waals surface area contributed by atoms with Crippen molar-refractivity contribution in [1.82, 2.24) is 0 Å². The summed E-state index contributed by atoms with van der Waals surface area (Å²) >= 11 is 5.89. The molecule has 4 heteroatoms. The highest BCUT2D eigenvalue weighted by atomic mass is 35.5. The molecule has 20 heavy (non-hydrogen) atoms. The van der Waals surface area contributed by atoms with Gasteiger partial charge < -0.3 is 15.6 Å². The van der Waals surface area contributed by atoms with Crippen molar-refractivity contribution >= 4 is 17.3 Å². The van der Waals surface area contributed by atoms with E-state index in [4.69, 9.17) is 22.1 Å². The fourth-order valence-electron chi connectivity index (χ4n) is 2.26. The molecule has 2 aromatic carbocycles. The number of nitrogens with two attached hydrogens (primary N) is 1. The maximum atomic E-state index is 10.6. The quantitative estimate of drug-likeness (QED) is 0.849. The Morgan fingerprint density at radius 3 is 2.40 bits per heavy atom. The molecular weight excluding hydrogens is 274 g/mol. The van der Waals surface area contributed by atoms with Crippen LogP contribution in [0, 0.1) is 13.8 Å². The molecule has 0 aliphatic carbocycles. The van der Waals surface area contributed by atoms with Crippen LogP contribution in [0.1, 0.15) is 28.4 Å². The lowest BCUT2D eigenvalue weighted by molar-refractivity contribution is 0.215. The summed E-state index contributed by atoms with van der Waals surface area (Å²) in [4.78, 5) is 0. The average molecular weight is 292 g/mol. The van der Waals surface area contributed by atoms with E-state index in [2.05, 4.69) is 0 Å². The first kappa shape index (κ1) is 14.7. The molecule has 1 unspecified atom stereocenters. The molecule has 0 aromatic heterocycles. The van der Waals surface area contributed by atoms with E-state index in [-0.39, 0.29) is 0 Å². The lowest BCUT2D eigenvalue weighted by Crippen LogP contribution is -2.07. The zero-order chi connectivity index (χ0) is 14.9. The predicted octanol–water partition coefficient (Wildman–Crippen LogP) is 3.63. The van der Waals surface area contributed by atoms with E-state index in [1.807, 2.05) is 26.0 Å². The highest BCUT2D eigenvalue weighted by molar-refractivity contribution is 6.30. The van der Waals surface area contributed by atoms with Crippen molar-refractivity contribution < 1.29 is 9.84 Å². The van der Waals surface area contributed by atoms with Gasteiger partial charge in [0.1, 0.15) is 11.9 Å². The van der Waals surface area contributed by atoms with Gasteiger partial charge >= 0.3 is 0 Å². The maximum absolute atomic E-state index is 10.6. The molecule has 2 rings (SSSR count). The van der Waals surface area contributed by atoms with E-state index in [9.17, 15) is 5.11 Å². The topological polar surface area (TPSA) is 55.5 Å². The molecule has 0 spiro atoms. The van der Waals surface area contributed by atoms with Crippen LogP contribution in [-0.4, -0.2) is 12.2 Å². The number of aryl methyl sites for hydroxylation is 1. The average Bonchev–Trinajstić information content (AvgIpc) is 2.41. The number of anilines is 1. The number of halogens is 1. The summed E-state index contributed by atoms with van der Waals surface area (Å²) in [6.45, 7) is 3.97. The summed E-state index contributed by atoms with van der Waals surface area (Å²) in [5.41, 5.74) is 9.84. The van der Waals surface area contributed by atoms with E-state index in [0.717, 1.165) is 11.1 Å². The zero-order valence-corrected chi connectivity index (χ0v) is 12.5. The number of rotatable bonds is 3. The van der Waals surface area contributed by atoms with Crippen LogP contribution >= 0.6 is 11.6 Å². The lowest BCUT2D eigenvalue weighted by Gasteiger charge is -2.19. The number of aliphatic hydroxyl groups excluding tert-OH is 1. The van der Waals surface area contributed by atoms with Gasteiger partial charge in [-0.05, 0) is 37.1 Å². The van der Waals surface area contributed by atoms with Gasteiger partial charge in [0.05, 0.1) is 7.11 Å². The number of methoxy groups -OCH3 is 1. The Morgan fingerprint density at radius 2 is 1.80 bits per heavy atom. The molecule has 0 amide bonds. The molecule has 0 saturated heterocycles. The van der Waals surface area contributed by atoms with Crippen LogP contribution in [0.3, 0.4) is 0 Å². The molecule has 3 nitrogen and oxygen atoms in total. The SMILES string of the molecule is COc1c(C(O)c2ccc(Cl)cc2N)ccc(C)c1C. The third-order valence-electron chi connectivity index (χ3n) is 3.55. The molecule has 0 fully saturated rings. The second-order valence-electron chi connectivity index (χ2n) is 4.81. The standard InChI is InChI=1S/C16H18ClNO2/c1-9-4-6-13(16(20-3)10(9)2)15(19)12-7-5-11(17)8-14(12)18/h4-8,15,19H,18H2,1-3H3. The van der Waals surface area contributed by atoms with Crippen LogP contribution in [0.25, 0.3) is 0 Å². The van der Waals surface area contributed by atoms with E-state index < -0.39 is 6.10 Å². The minimum atomic E-state index is -0.846. The Kier molecular flexibility index (Phi) is 4.21. The Bertz CT molecular complexity index is 641. The molecule has 0 bridgehead atoms. The smallest absolute Gasteiger partial charge is 0.128 e. The summed E-state index contributed by atoms with van der Waals surface area (Å²) in [5.74, 6) is 0.687. The lowest BCUT2D eigenvalue weighted by atomic mass is 9.95. The highest BCUT2D eigenvalue weighted by Gasteiger charge is 2.19. The minimum absolute atomic E-state index is 0.463. The molecule has 0 heterocycles. The molecule has 0 saturated carbocycles. The van der Waals surface area contributed by atoms with Crippen LogP contribution in [0.15, 0.2) is 30.3 Å². The van der Waals surface area contributed by atoms with Crippen molar-refractivity contribution in [3.05, 3.63) is 57.6 Å². The van der Waals surface area contributed by atoms with Crippen molar-refractivity contribution in [3.8, 4) is 5.75 Å². The fourth-order valence-corrected chi connectivity index (χ4v) is 2.44. The van der Waals surface area contributed by atoms with Gasteiger partial charge in [-0.25, -0.2) is 0 Å². The van der Waals surface area contributed by atoms with E-state index in [0.29, 0.717) is 27.6 Å². The van der Waals surface area contributed by atoms with E-state index in [1.165, 1.54) is 0 Å². The third-order valence-corrected chi connectivity index (χ3v) is 3.78. The molecule has 106 valence electrons. The maximum Gasteiger partial charge on any atom is 0.128 e. The number of ether oxygens (including phenoxy) is 1. The van der Waals surface area contributed by atoms with Crippen molar-refractivity contribution in [3.63, 3.8) is 0 Å². The van der Waals surface area contributed by atoms with Crippen LogP contribution in [-0.2, 0) is 0 Å². The number of hydrogen-bond acceptors (Lipinski definition) is 3. The number of nitrogen functional groups attached to an aromatic ring is 1. The van der Waals surface area contributed by atoms with Crippen LogP contribution in [0.4, 0.5) is 5.69 Å². The molecule has 0 radical (unpaired) electrons. The first-order chi connectivity index (χ1) is 9.45. The molecule has 1 atom stereocenters. The summed E-state index contributed by atoms with van der Waals surface area (Å²) in [5, 5.41) is 11.1. The summed E-state index contributed by atoms with van der Waals surface area (Å²) in [6.07, 6.45) is -0.846. The van der Waals surface area contributed by atoms with Crippen molar-refractivity contribution in [2.24, 2.45) is 0 Å². The fraction of sp³-hybridized carbons (Fsp3) is 0.250.